The highest BCUT2D eigenvalue weighted by atomic mass is 16.3. The Morgan fingerprint density at radius 1 is 1.28 bits per heavy atom. The van der Waals surface area contributed by atoms with Crippen LogP contribution in [0.25, 0.3) is 22.4 Å². The molecule has 1 aliphatic heterocycles. The van der Waals surface area contributed by atoms with Gasteiger partial charge in [0.15, 0.2) is 0 Å². The standard InChI is InChI=1S/C27H34N4O/c1-6-21(16-28-3)25-11-12-26(29-27(25)31-14-13-20(17-31)19-32)24-10-8-9-23(15-24)22(7-2)18-30(4)5/h6-12,15-16,18,20,32H,2,13-14,17,19H2,1,3-5H3/b21-6+,22-18+,28-16?. The van der Waals surface area contributed by atoms with Crippen LogP contribution in [0.4, 0.5) is 5.82 Å². The molecule has 0 saturated carbocycles. The highest BCUT2D eigenvalue weighted by Gasteiger charge is 2.25. The molecule has 0 amide bonds. The van der Waals surface area contributed by atoms with Gasteiger partial charge in [-0.1, -0.05) is 36.9 Å². The quantitative estimate of drug-likeness (QED) is 0.485. The van der Waals surface area contributed by atoms with Crippen molar-refractivity contribution in [1.82, 2.24) is 9.88 Å². The number of hydrogen-bond acceptors (Lipinski definition) is 5. The van der Waals surface area contributed by atoms with E-state index in [1.807, 2.05) is 38.2 Å². The maximum absolute atomic E-state index is 9.64. The van der Waals surface area contributed by atoms with E-state index in [1.54, 1.807) is 7.05 Å². The minimum Gasteiger partial charge on any atom is -0.396 e. The van der Waals surface area contributed by atoms with E-state index in [2.05, 4.69) is 65.1 Å². The first-order valence-corrected chi connectivity index (χ1v) is 11.1. The first-order valence-electron chi connectivity index (χ1n) is 11.1. The van der Waals surface area contributed by atoms with Gasteiger partial charge in [0.05, 0.1) is 5.69 Å². The summed E-state index contributed by atoms with van der Waals surface area (Å²) < 4.78 is 0. The minimum absolute atomic E-state index is 0.211. The molecule has 1 atom stereocenters. The van der Waals surface area contributed by atoms with Crippen molar-refractivity contribution in [2.75, 3.05) is 45.7 Å². The van der Waals surface area contributed by atoms with Gasteiger partial charge in [0, 0.05) is 70.3 Å². The average molecular weight is 431 g/mol. The molecule has 1 fully saturated rings. The van der Waals surface area contributed by atoms with Gasteiger partial charge in [-0.25, -0.2) is 4.98 Å². The number of aromatic nitrogens is 1. The van der Waals surface area contributed by atoms with Gasteiger partial charge in [0.1, 0.15) is 5.82 Å². The summed E-state index contributed by atoms with van der Waals surface area (Å²) >= 11 is 0. The second-order valence-electron chi connectivity index (χ2n) is 8.32. The van der Waals surface area contributed by atoms with Crippen molar-refractivity contribution >= 4 is 23.2 Å². The normalized spacial score (nSPS) is 17.3. The third-order valence-corrected chi connectivity index (χ3v) is 5.72. The Kier molecular flexibility index (Phi) is 8.01. The summed E-state index contributed by atoms with van der Waals surface area (Å²) in [6.07, 6.45) is 8.86. The number of hydrogen-bond donors (Lipinski definition) is 1. The van der Waals surface area contributed by atoms with E-state index >= 15 is 0 Å². The van der Waals surface area contributed by atoms with E-state index in [9.17, 15) is 5.11 Å². The number of aliphatic hydroxyl groups is 1. The fourth-order valence-corrected chi connectivity index (χ4v) is 4.07. The fraction of sp³-hybridized carbons (Fsp3) is 0.333. The maximum Gasteiger partial charge on any atom is 0.137 e. The molecular formula is C27H34N4O. The van der Waals surface area contributed by atoms with Gasteiger partial charge in [-0.2, -0.15) is 0 Å². The van der Waals surface area contributed by atoms with Gasteiger partial charge in [-0.15, -0.1) is 0 Å². The Hall–Kier alpha value is -3.18. The smallest absolute Gasteiger partial charge is 0.137 e. The lowest BCUT2D eigenvalue weighted by molar-refractivity contribution is 0.238. The van der Waals surface area contributed by atoms with E-state index in [-0.39, 0.29) is 12.5 Å². The molecule has 1 unspecified atom stereocenters. The van der Waals surface area contributed by atoms with Gasteiger partial charge >= 0.3 is 0 Å². The van der Waals surface area contributed by atoms with E-state index < -0.39 is 0 Å². The van der Waals surface area contributed by atoms with Crippen LogP contribution in [0.2, 0.25) is 0 Å². The van der Waals surface area contributed by atoms with Crippen LogP contribution in [0.15, 0.2) is 66.3 Å². The van der Waals surface area contributed by atoms with E-state index in [0.717, 1.165) is 58.9 Å². The molecule has 1 aliphatic rings. The maximum atomic E-state index is 9.64. The zero-order valence-corrected chi connectivity index (χ0v) is 19.6. The molecule has 0 spiro atoms. The largest absolute Gasteiger partial charge is 0.396 e. The predicted octanol–water partition coefficient (Wildman–Crippen LogP) is 4.76. The summed E-state index contributed by atoms with van der Waals surface area (Å²) in [6, 6.07) is 12.6. The molecule has 2 aromatic rings. The molecule has 3 rings (SSSR count). The van der Waals surface area contributed by atoms with Gasteiger partial charge in [0.25, 0.3) is 0 Å². The predicted molar refractivity (Wildman–Crippen MR) is 137 cm³/mol. The first kappa shape index (κ1) is 23.5. The molecule has 0 aliphatic carbocycles. The van der Waals surface area contributed by atoms with Crippen molar-refractivity contribution in [3.8, 4) is 11.3 Å². The Morgan fingerprint density at radius 2 is 2.09 bits per heavy atom. The fourth-order valence-electron chi connectivity index (χ4n) is 4.07. The lowest BCUT2D eigenvalue weighted by Crippen LogP contribution is -2.23. The Morgan fingerprint density at radius 3 is 2.72 bits per heavy atom. The van der Waals surface area contributed by atoms with Crippen molar-refractivity contribution in [2.45, 2.75) is 13.3 Å². The Balaban J connectivity index is 2.08. The van der Waals surface area contributed by atoms with Crippen molar-refractivity contribution in [3.63, 3.8) is 0 Å². The first-order chi connectivity index (χ1) is 15.5. The number of aliphatic hydroxyl groups excluding tert-OH is 1. The molecule has 1 aromatic heterocycles. The van der Waals surface area contributed by atoms with Crippen molar-refractivity contribution in [3.05, 3.63) is 72.5 Å². The second-order valence-corrected chi connectivity index (χ2v) is 8.32. The molecule has 1 saturated heterocycles. The van der Waals surface area contributed by atoms with Crippen LogP contribution in [0.5, 0.6) is 0 Å². The van der Waals surface area contributed by atoms with Crippen LogP contribution in [-0.2, 0) is 0 Å². The molecule has 0 radical (unpaired) electrons. The molecule has 1 N–H and O–H groups in total. The summed E-state index contributed by atoms with van der Waals surface area (Å²) in [7, 11) is 5.80. The van der Waals surface area contributed by atoms with Crippen LogP contribution in [0.1, 0.15) is 24.5 Å². The molecule has 5 heteroatoms. The number of nitrogens with zero attached hydrogens (tertiary/aromatic N) is 4. The molecule has 2 heterocycles. The average Bonchev–Trinajstić information content (AvgIpc) is 3.30. The number of pyridine rings is 1. The molecule has 168 valence electrons. The van der Waals surface area contributed by atoms with Crippen LogP contribution < -0.4 is 4.90 Å². The lowest BCUT2D eigenvalue weighted by atomic mass is 10.0. The van der Waals surface area contributed by atoms with Gasteiger partial charge in [-0.3, -0.25) is 4.99 Å². The third kappa shape index (κ3) is 5.35. The van der Waals surface area contributed by atoms with Crippen LogP contribution in [0.3, 0.4) is 0 Å². The van der Waals surface area contributed by atoms with E-state index in [1.165, 1.54) is 0 Å². The number of anilines is 1. The molecule has 0 bridgehead atoms. The summed E-state index contributed by atoms with van der Waals surface area (Å²) in [5.41, 5.74) is 6.27. The van der Waals surface area contributed by atoms with Crippen LogP contribution >= 0.6 is 0 Å². The highest BCUT2D eigenvalue weighted by Crippen LogP contribution is 2.32. The number of allylic oxidation sites excluding steroid dienone is 4. The molecule has 32 heavy (non-hydrogen) atoms. The molecule has 1 aromatic carbocycles. The van der Waals surface area contributed by atoms with E-state index in [4.69, 9.17) is 4.98 Å². The molecule has 5 nitrogen and oxygen atoms in total. The second kappa shape index (κ2) is 10.9. The van der Waals surface area contributed by atoms with Crippen LogP contribution in [0, 0.1) is 5.92 Å². The summed E-state index contributed by atoms with van der Waals surface area (Å²) in [6.45, 7) is 7.91. The van der Waals surface area contributed by atoms with E-state index in [0.29, 0.717) is 0 Å². The van der Waals surface area contributed by atoms with Gasteiger partial charge in [-0.05, 0) is 48.3 Å². The van der Waals surface area contributed by atoms with Crippen LogP contribution in [-0.4, -0.2) is 62.0 Å². The zero-order chi connectivity index (χ0) is 23.1. The van der Waals surface area contributed by atoms with Crippen molar-refractivity contribution in [1.29, 1.82) is 0 Å². The van der Waals surface area contributed by atoms with Gasteiger partial charge in [0.2, 0.25) is 0 Å². The van der Waals surface area contributed by atoms with Gasteiger partial charge < -0.3 is 14.9 Å². The summed E-state index contributed by atoms with van der Waals surface area (Å²) in [5.74, 6) is 1.24. The Bertz CT molecular complexity index is 1040. The minimum atomic E-state index is 0.211. The van der Waals surface area contributed by atoms with Crippen molar-refractivity contribution in [2.24, 2.45) is 10.9 Å². The summed E-state index contributed by atoms with van der Waals surface area (Å²) in [4.78, 5) is 13.7. The topological polar surface area (TPSA) is 52.0 Å². The lowest BCUT2D eigenvalue weighted by Gasteiger charge is -2.22. The highest BCUT2D eigenvalue weighted by molar-refractivity contribution is 6.11. The Labute approximate surface area is 192 Å². The number of rotatable bonds is 8. The number of aliphatic imine (C=N–C) groups is 1. The monoisotopic (exact) mass is 430 g/mol. The van der Waals surface area contributed by atoms with Crippen molar-refractivity contribution < 1.29 is 5.11 Å². The zero-order valence-electron chi connectivity index (χ0n) is 19.6. The molecular weight excluding hydrogens is 396 g/mol. The SMILES string of the molecule is C=C/C(=C\N(C)C)c1cccc(-c2ccc(/C(C=NC)=C/C)c(N3CCC(CO)C3)n2)c1. The third-order valence-electron chi connectivity index (χ3n) is 5.72. The summed E-state index contributed by atoms with van der Waals surface area (Å²) in [5, 5.41) is 9.64. The number of benzene rings is 1.